The molecule has 0 aliphatic carbocycles. The SMILES string of the molecule is CCn1c(OC)nc2c(N3CCOCC3)nc(Cl)nc21. The fourth-order valence-corrected chi connectivity index (χ4v) is 2.54. The highest BCUT2D eigenvalue weighted by Crippen LogP contribution is 2.28. The van der Waals surface area contributed by atoms with Gasteiger partial charge in [0, 0.05) is 19.6 Å². The molecule has 8 heteroatoms. The third-order valence-corrected chi connectivity index (χ3v) is 3.49. The van der Waals surface area contributed by atoms with Gasteiger partial charge in [-0.05, 0) is 18.5 Å². The van der Waals surface area contributed by atoms with Gasteiger partial charge < -0.3 is 14.4 Å². The van der Waals surface area contributed by atoms with E-state index in [-0.39, 0.29) is 5.28 Å². The number of hydrogen-bond donors (Lipinski definition) is 0. The van der Waals surface area contributed by atoms with Crippen LogP contribution in [0.2, 0.25) is 5.28 Å². The van der Waals surface area contributed by atoms with Crippen LogP contribution in [-0.2, 0) is 11.3 Å². The molecule has 0 atom stereocenters. The van der Waals surface area contributed by atoms with Crippen LogP contribution in [0.5, 0.6) is 6.01 Å². The molecule has 1 fully saturated rings. The number of methoxy groups -OCH3 is 1. The van der Waals surface area contributed by atoms with E-state index in [0.717, 1.165) is 24.4 Å². The van der Waals surface area contributed by atoms with Crippen molar-refractivity contribution in [3.8, 4) is 6.01 Å². The molecule has 108 valence electrons. The van der Waals surface area contributed by atoms with Crippen molar-refractivity contribution in [3.05, 3.63) is 5.28 Å². The molecule has 2 aromatic rings. The lowest BCUT2D eigenvalue weighted by Crippen LogP contribution is -2.37. The summed E-state index contributed by atoms with van der Waals surface area (Å²) >= 11 is 6.06. The lowest BCUT2D eigenvalue weighted by Gasteiger charge is -2.27. The second kappa shape index (κ2) is 5.41. The standard InChI is InChI=1S/C12H16ClN5O2/c1-3-18-10-8(14-12(18)19-2)9(15-11(13)16-10)17-4-6-20-7-5-17/h3-7H2,1-2H3. The Kier molecular flexibility index (Phi) is 3.62. The van der Waals surface area contributed by atoms with Gasteiger partial charge in [0.1, 0.15) is 0 Å². The summed E-state index contributed by atoms with van der Waals surface area (Å²) < 4.78 is 12.5. The second-order valence-electron chi connectivity index (χ2n) is 4.43. The van der Waals surface area contributed by atoms with Crippen molar-refractivity contribution in [2.24, 2.45) is 0 Å². The van der Waals surface area contributed by atoms with Crippen molar-refractivity contribution in [1.29, 1.82) is 0 Å². The molecule has 1 saturated heterocycles. The molecule has 20 heavy (non-hydrogen) atoms. The molecule has 0 amide bonds. The molecule has 0 spiro atoms. The van der Waals surface area contributed by atoms with Crippen molar-refractivity contribution in [1.82, 2.24) is 19.5 Å². The number of halogens is 1. The van der Waals surface area contributed by atoms with Crippen LogP contribution in [0.4, 0.5) is 5.82 Å². The maximum atomic E-state index is 6.06. The first-order valence-corrected chi connectivity index (χ1v) is 6.92. The van der Waals surface area contributed by atoms with Crippen molar-refractivity contribution >= 4 is 28.6 Å². The molecule has 2 aromatic heterocycles. The summed E-state index contributed by atoms with van der Waals surface area (Å²) in [6.45, 7) is 5.60. The summed E-state index contributed by atoms with van der Waals surface area (Å²) in [4.78, 5) is 15.2. The quantitative estimate of drug-likeness (QED) is 0.797. The smallest absolute Gasteiger partial charge is 0.298 e. The van der Waals surface area contributed by atoms with Crippen LogP contribution >= 0.6 is 11.6 Å². The minimum atomic E-state index is 0.219. The van der Waals surface area contributed by atoms with E-state index in [9.17, 15) is 0 Å². The van der Waals surface area contributed by atoms with Crippen LogP contribution < -0.4 is 9.64 Å². The molecule has 0 saturated carbocycles. The molecule has 1 aliphatic heterocycles. The molecule has 3 heterocycles. The molecule has 0 bridgehead atoms. The van der Waals surface area contributed by atoms with Gasteiger partial charge in [-0.3, -0.25) is 4.57 Å². The van der Waals surface area contributed by atoms with Gasteiger partial charge in [-0.15, -0.1) is 0 Å². The molecular weight excluding hydrogens is 282 g/mol. The van der Waals surface area contributed by atoms with Crippen molar-refractivity contribution < 1.29 is 9.47 Å². The summed E-state index contributed by atoms with van der Waals surface area (Å²) in [5.41, 5.74) is 1.42. The van der Waals surface area contributed by atoms with Gasteiger partial charge in [-0.2, -0.15) is 15.0 Å². The monoisotopic (exact) mass is 297 g/mol. The molecule has 0 aromatic carbocycles. The lowest BCUT2D eigenvalue weighted by molar-refractivity contribution is 0.122. The Bertz CT molecular complexity index is 624. The first kappa shape index (κ1) is 13.4. The highest BCUT2D eigenvalue weighted by molar-refractivity contribution is 6.28. The third-order valence-electron chi connectivity index (χ3n) is 3.32. The Hall–Kier alpha value is -1.60. The summed E-state index contributed by atoms with van der Waals surface area (Å²) in [7, 11) is 1.59. The third kappa shape index (κ3) is 2.16. The molecule has 1 aliphatic rings. The molecule has 7 nitrogen and oxygen atoms in total. The minimum Gasteiger partial charge on any atom is -0.468 e. The molecule has 0 N–H and O–H groups in total. The van der Waals surface area contributed by atoms with Gasteiger partial charge in [0.25, 0.3) is 6.01 Å². The van der Waals surface area contributed by atoms with Gasteiger partial charge >= 0.3 is 0 Å². The van der Waals surface area contributed by atoms with Gasteiger partial charge in [0.2, 0.25) is 5.28 Å². The molecule has 0 radical (unpaired) electrons. The van der Waals surface area contributed by atoms with Crippen molar-refractivity contribution in [2.75, 3.05) is 38.3 Å². The van der Waals surface area contributed by atoms with E-state index in [1.807, 2.05) is 11.5 Å². The fraction of sp³-hybridized carbons (Fsp3) is 0.583. The predicted molar refractivity (Wildman–Crippen MR) is 75.6 cm³/mol. The number of nitrogens with zero attached hydrogens (tertiary/aromatic N) is 5. The number of hydrogen-bond acceptors (Lipinski definition) is 6. The van der Waals surface area contributed by atoms with Crippen molar-refractivity contribution in [2.45, 2.75) is 13.5 Å². The average Bonchev–Trinajstić information content (AvgIpc) is 2.84. The molecule has 3 rings (SSSR count). The largest absolute Gasteiger partial charge is 0.468 e. The number of imidazole rings is 1. The Morgan fingerprint density at radius 3 is 2.65 bits per heavy atom. The molecule has 0 unspecified atom stereocenters. The van der Waals surface area contributed by atoms with E-state index in [2.05, 4.69) is 19.9 Å². The van der Waals surface area contributed by atoms with Crippen LogP contribution in [0.1, 0.15) is 6.92 Å². The Balaban J connectivity index is 2.18. The highest BCUT2D eigenvalue weighted by atomic mass is 35.5. The van der Waals surface area contributed by atoms with Gasteiger partial charge in [0.05, 0.1) is 20.3 Å². The van der Waals surface area contributed by atoms with Crippen LogP contribution in [0.3, 0.4) is 0 Å². The second-order valence-corrected chi connectivity index (χ2v) is 4.77. The maximum Gasteiger partial charge on any atom is 0.298 e. The molecular formula is C12H16ClN5O2. The number of morpholine rings is 1. The summed E-state index contributed by atoms with van der Waals surface area (Å²) in [5, 5.41) is 0.219. The van der Waals surface area contributed by atoms with E-state index in [1.54, 1.807) is 7.11 Å². The summed E-state index contributed by atoms with van der Waals surface area (Å²) in [5.74, 6) is 0.744. The van der Waals surface area contributed by atoms with Crippen LogP contribution in [0.25, 0.3) is 11.2 Å². The van der Waals surface area contributed by atoms with Gasteiger partial charge in [0.15, 0.2) is 17.0 Å². The fourth-order valence-electron chi connectivity index (χ4n) is 2.38. The van der Waals surface area contributed by atoms with E-state index < -0.39 is 0 Å². The van der Waals surface area contributed by atoms with Gasteiger partial charge in [-0.25, -0.2) is 0 Å². The number of rotatable bonds is 3. The van der Waals surface area contributed by atoms with E-state index >= 15 is 0 Å². The highest BCUT2D eigenvalue weighted by Gasteiger charge is 2.22. The van der Waals surface area contributed by atoms with Crippen LogP contribution in [-0.4, -0.2) is 52.9 Å². The van der Waals surface area contributed by atoms with E-state index in [1.165, 1.54) is 0 Å². The first-order chi connectivity index (χ1) is 9.74. The lowest BCUT2D eigenvalue weighted by atomic mass is 10.4. The maximum absolute atomic E-state index is 6.06. The zero-order valence-corrected chi connectivity index (χ0v) is 12.2. The number of fused-ring (bicyclic) bond motifs is 1. The topological polar surface area (TPSA) is 65.3 Å². The van der Waals surface area contributed by atoms with E-state index in [4.69, 9.17) is 21.1 Å². The predicted octanol–water partition coefficient (Wildman–Crippen LogP) is 1.34. The normalized spacial score (nSPS) is 15.8. The average molecular weight is 298 g/mol. The van der Waals surface area contributed by atoms with E-state index in [0.29, 0.717) is 31.4 Å². The van der Waals surface area contributed by atoms with Gasteiger partial charge in [-0.1, -0.05) is 0 Å². The Labute approximate surface area is 121 Å². The van der Waals surface area contributed by atoms with Crippen LogP contribution in [0, 0.1) is 0 Å². The summed E-state index contributed by atoms with van der Waals surface area (Å²) in [6, 6.07) is 0.522. The first-order valence-electron chi connectivity index (χ1n) is 6.55. The zero-order chi connectivity index (χ0) is 14.1. The Morgan fingerprint density at radius 2 is 2.00 bits per heavy atom. The number of aromatic nitrogens is 4. The Morgan fingerprint density at radius 1 is 1.25 bits per heavy atom. The minimum absolute atomic E-state index is 0.219. The number of ether oxygens (including phenoxy) is 2. The summed E-state index contributed by atoms with van der Waals surface area (Å²) in [6.07, 6.45) is 0. The van der Waals surface area contributed by atoms with Crippen molar-refractivity contribution in [3.63, 3.8) is 0 Å². The zero-order valence-electron chi connectivity index (χ0n) is 11.5. The number of aryl methyl sites for hydroxylation is 1. The number of anilines is 1. The van der Waals surface area contributed by atoms with Crippen LogP contribution in [0.15, 0.2) is 0 Å².